The zero-order valence-corrected chi connectivity index (χ0v) is 18.0. The quantitative estimate of drug-likeness (QED) is 0.213. The average molecular weight is 438 g/mol. The van der Waals surface area contributed by atoms with Crippen LogP contribution in [0.25, 0.3) is 11.1 Å². The summed E-state index contributed by atoms with van der Waals surface area (Å²) < 4.78 is 42.5. The lowest BCUT2D eigenvalue weighted by atomic mass is 10.0. The van der Waals surface area contributed by atoms with Crippen LogP contribution in [0.15, 0.2) is 66.2 Å². The zero-order valence-electron chi connectivity index (χ0n) is 16.3. The standard InChI is InChI=1S/C21H27O6PS/c1-17(7-5-6-10-21(28(22,23)24)29(25,26)27)11-12-18-13-15-20(16-14-18)19-8-3-2-4-9-19/h2-4,7-9,13-16,21H,5-6,10-12H2,1H3,(H2,22,23,24)(H,25,26,27)/b17-7+. The van der Waals surface area contributed by atoms with E-state index in [1.807, 2.05) is 31.2 Å². The molecule has 1 unspecified atom stereocenters. The Hall–Kier alpha value is -1.76. The van der Waals surface area contributed by atoms with Gasteiger partial charge in [-0.25, -0.2) is 0 Å². The molecule has 0 saturated carbocycles. The maximum absolute atomic E-state index is 11.2. The Kier molecular flexibility index (Phi) is 8.37. The van der Waals surface area contributed by atoms with Crippen LogP contribution in [0.5, 0.6) is 0 Å². The molecule has 0 aliphatic rings. The fourth-order valence-electron chi connectivity index (χ4n) is 3.07. The Morgan fingerprint density at radius 1 is 1.03 bits per heavy atom. The number of hydrogen-bond acceptors (Lipinski definition) is 3. The van der Waals surface area contributed by atoms with E-state index in [1.165, 1.54) is 16.7 Å². The van der Waals surface area contributed by atoms with E-state index in [0.29, 0.717) is 6.42 Å². The number of allylic oxidation sites excluding steroid dienone is 2. The van der Waals surface area contributed by atoms with E-state index in [-0.39, 0.29) is 12.8 Å². The van der Waals surface area contributed by atoms with Crippen molar-refractivity contribution in [1.82, 2.24) is 0 Å². The van der Waals surface area contributed by atoms with Gasteiger partial charge in [-0.2, -0.15) is 8.42 Å². The summed E-state index contributed by atoms with van der Waals surface area (Å²) >= 11 is 0. The van der Waals surface area contributed by atoms with Crippen LogP contribution in [0.3, 0.4) is 0 Å². The summed E-state index contributed by atoms with van der Waals surface area (Å²) in [5, 5.41) is 0. The molecule has 0 aliphatic carbocycles. The van der Waals surface area contributed by atoms with Gasteiger partial charge < -0.3 is 9.79 Å². The molecule has 2 aromatic carbocycles. The average Bonchev–Trinajstić information content (AvgIpc) is 2.65. The van der Waals surface area contributed by atoms with Gasteiger partial charge in [0.15, 0.2) is 4.99 Å². The second-order valence-electron chi connectivity index (χ2n) is 7.10. The van der Waals surface area contributed by atoms with E-state index in [4.69, 9.17) is 14.3 Å². The monoisotopic (exact) mass is 438 g/mol. The normalized spacial score (nSPS) is 14.0. The number of benzene rings is 2. The summed E-state index contributed by atoms with van der Waals surface area (Å²) in [6.45, 7) is 1.97. The smallest absolute Gasteiger partial charge is 0.323 e. The minimum absolute atomic E-state index is 0.263. The van der Waals surface area contributed by atoms with Crippen molar-refractivity contribution in [3.63, 3.8) is 0 Å². The highest BCUT2D eigenvalue weighted by Gasteiger charge is 2.38. The molecule has 0 spiro atoms. The van der Waals surface area contributed by atoms with E-state index < -0.39 is 22.7 Å². The summed E-state index contributed by atoms with van der Waals surface area (Å²) in [6.07, 6.45) is 4.12. The van der Waals surface area contributed by atoms with Gasteiger partial charge in [0.25, 0.3) is 10.1 Å². The van der Waals surface area contributed by atoms with E-state index >= 15 is 0 Å². The van der Waals surface area contributed by atoms with E-state index in [0.717, 1.165) is 18.4 Å². The largest absolute Gasteiger partial charge is 0.346 e. The fraction of sp³-hybridized carbons (Fsp3) is 0.333. The number of hydrogen-bond donors (Lipinski definition) is 3. The molecular weight excluding hydrogens is 411 g/mol. The lowest BCUT2D eigenvalue weighted by Crippen LogP contribution is -2.20. The molecule has 0 aliphatic heterocycles. The highest BCUT2D eigenvalue weighted by atomic mass is 32.2. The van der Waals surface area contributed by atoms with Gasteiger partial charge in [0.05, 0.1) is 0 Å². The van der Waals surface area contributed by atoms with E-state index in [1.54, 1.807) is 0 Å². The third-order valence-corrected chi connectivity index (χ3v) is 8.29. The number of aryl methyl sites for hydroxylation is 1. The molecule has 0 amide bonds. The first kappa shape index (κ1) is 23.5. The topological polar surface area (TPSA) is 112 Å². The zero-order chi connectivity index (χ0) is 21.5. The first-order valence-electron chi connectivity index (χ1n) is 9.39. The van der Waals surface area contributed by atoms with Gasteiger partial charge in [-0.15, -0.1) is 0 Å². The van der Waals surface area contributed by atoms with E-state index in [2.05, 4.69) is 36.4 Å². The molecule has 0 saturated heterocycles. The van der Waals surface area contributed by atoms with Crippen LogP contribution in [0.4, 0.5) is 0 Å². The van der Waals surface area contributed by atoms with Gasteiger partial charge in [0.1, 0.15) is 0 Å². The minimum atomic E-state index is -4.90. The molecule has 3 N–H and O–H groups in total. The second kappa shape index (κ2) is 10.3. The van der Waals surface area contributed by atoms with Crippen molar-refractivity contribution in [1.29, 1.82) is 0 Å². The summed E-state index contributed by atoms with van der Waals surface area (Å²) in [7, 11) is -9.68. The predicted octanol–water partition coefficient (Wildman–Crippen LogP) is 4.79. The Morgan fingerprint density at radius 3 is 2.17 bits per heavy atom. The summed E-state index contributed by atoms with van der Waals surface area (Å²) in [4.78, 5) is 16.1. The van der Waals surface area contributed by atoms with Crippen molar-refractivity contribution in [3.05, 3.63) is 71.8 Å². The highest BCUT2D eigenvalue weighted by Crippen LogP contribution is 2.46. The maximum atomic E-state index is 11.2. The first-order valence-corrected chi connectivity index (χ1v) is 12.6. The van der Waals surface area contributed by atoms with Crippen molar-refractivity contribution < 1.29 is 27.3 Å². The van der Waals surface area contributed by atoms with Crippen LogP contribution in [0, 0.1) is 0 Å². The molecule has 2 rings (SSSR count). The predicted molar refractivity (Wildman–Crippen MR) is 115 cm³/mol. The fourth-order valence-corrected chi connectivity index (χ4v) is 5.44. The SMILES string of the molecule is C/C(=C\CCCC(P(=O)(O)O)S(=O)(=O)O)CCc1ccc(-c2ccccc2)cc1. The third kappa shape index (κ3) is 7.88. The molecule has 1 atom stereocenters. The molecule has 158 valence electrons. The van der Waals surface area contributed by atoms with Crippen LogP contribution in [0.1, 0.15) is 38.2 Å². The second-order valence-corrected chi connectivity index (χ2v) is 10.9. The lowest BCUT2D eigenvalue weighted by molar-refractivity contribution is 0.360. The van der Waals surface area contributed by atoms with Crippen LogP contribution >= 0.6 is 7.60 Å². The molecule has 6 nitrogen and oxygen atoms in total. The van der Waals surface area contributed by atoms with Crippen LogP contribution < -0.4 is 0 Å². The molecular formula is C21H27O6PS. The minimum Gasteiger partial charge on any atom is -0.323 e. The van der Waals surface area contributed by atoms with Crippen molar-refractivity contribution in [2.75, 3.05) is 0 Å². The maximum Gasteiger partial charge on any atom is 0.346 e. The molecule has 0 fully saturated rings. The van der Waals surface area contributed by atoms with Gasteiger partial charge in [-0.3, -0.25) is 9.12 Å². The number of unbranched alkanes of at least 4 members (excludes halogenated alkanes) is 1. The van der Waals surface area contributed by atoms with Crippen molar-refractivity contribution >= 4 is 17.7 Å². The van der Waals surface area contributed by atoms with Gasteiger partial charge >= 0.3 is 7.60 Å². The van der Waals surface area contributed by atoms with Crippen LogP contribution in [-0.2, 0) is 21.1 Å². The molecule has 0 aromatic heterocycles. The molecule has 29 heavy (non-hydrogen) atoms. The third-order valence-electron chi connectivity index (χ3n) is 4.74. The van der Waals surface area contributed by atoms with Gasteiger partial charge in [0.2, 0.25) is 0 Å². The Balaban J connectivity index is 1.82. The molecule has 0 bridgehead atoms. The lowest BCUT2D eigenvalue weighted by Gasteiger charge is -2.14. The molecule has 0 heterocycles. The van der Waals surface area contributed by atoms with Gasteiger partial charge in [0, 0.05) is 0 Å². The Bertz CT molecular complexity index is 962. The van der Waals surface area contributed by atoms with Crippen LogP contribution in [-0.4, -0.2) is 27.7 Å². The summed E-state index contributed by atoms with van der Waals surface area (Å²) in [5.41, 5.74) is 4.68. The van der Waals surface area contributed by atoms with Crippen molar-refractivity contribution in [2.24, 2.45) is 0 Å². The van der Waals surface area contributed by atoms with Crippen molar-refractivity contribution in [3.8, 4) is 11.1 Å². The Morgan fingerprint density at radius 2 is 1.62 bits per heavy atom. The van der Waals surface area contributed by atoms with Gasteiger partial charge in [-0.05, 0) is 55.7 Å². The molecule has 2 aromatic rings. The first-order chi connectivity index (χ1) is 13.6. The number of rotatable bonds is 10. The Labute approximate surface area is 172 Å². The summed E-state index contributed by atoms with van der Waals surface area (Å²) in [6, 6.07) is 18.6. The van der Waals surface area contributed by atoms with Crippen LogP contribution in [0.2, 0.25) is 0 Å². The van der Waals surface area contributed by atoms with Crippen molar-refractivity contribution in [2.45, 2.75) is 44.0 Å². The molecule has 0 radical (unpaired) electrons. The highest BCUT2D eigenvalue weighted by molar-refractivity contribution is 7.93. The summed E-state index contributed by atoms with van der Waals surface area (Å²) in [5.74, 6) is 0. The van der Waals surface area contributed by atoms with E-state index in [9.17, 15) is 13.0 Å². The molecule has 8 heteroatoms. The van der Waals surface area contributed by atoms with Gasteiger partial charge in [-0.1, -0.05) is 66.2 Å².